The van der Waals surface area contributed by atoms with Crippen LogP contribution in [0, 0.1) is 0 Å². The summed E-state index contributed by atoms with van der Waals surface area (Å²) in [5.74, 6) is -1.43. The van der Waals surface area contributed by atoms with E-state index in [9.17, 15) is 26.7 Å². The number of hydrogen-bond acceptors (Lipinski definition) is 4. The van der Waals surface area contributed by atoms with Gasteiger partial charge in [0.1, 0.15) is 0 Å². The average Bonchev–Trinajstić information content (AvgIpc) is 2.31. The summed E-state index contributed by atoms with van der Waals surface area (Å²) < 4.78 is 62.7. The molecule has 2 aromatic carbocycles. The zero-order chi connectivity index (χ0) is 14.3. The predicted octanol–water partition coefficient (Wildman–Crippen LogP) is 2.77. The molecule has 0 bridgehead atoms. The highest BCUT2D eigenvalue weighted by Crippen LogP contribution is 2.38. The second kappa shape index (κ2) is 4.30. The lowest BCUT2D eigenvalue weighted by Crippen LogP contribution is -2.28. The van der Waals surface area contributed by atoms with Crippen molar-refractivity contribution in [2.24, 2.45) is 0 Å². The van der Waals surface area contributed by atoms with Crippen LogP contribution in [0.25, 0.3) is 10.8 Å². The van der Waals surface area contributed by atoms with Gasteiger partial charge in [0.2, 0.25) is 0 Å². The Labute approximate surface area is 106 Å². The molecule has 0 aliphatic rings. The van der Waals surface area contributed by atoms with Gasteiger partial charge < -0.3 is 9.29 Å². The highest BCUT2D eigenvalue weighted by molar-refractivity contribution is 7.88. The number of hydrogen-bond donors (Lipinski definition) is 1. The van der Waals surface area contributed by atoms with Crippen molar-refractivity contribution in [1.29, 1.82) is 0 Å². The maximum absolute atomic E-state index is 12.3. The molecule has 0 radical (unpaired) electrons. The Morgan fingerprint density at radius 3 is 2.32 bits per heavy atom. The van der Waals surface area contributed by atoms with E-state index in [0.717, 1.165) is 6.07 Å². The number of rotatable bonds is 2. The van der Waals surface area contributed by atoms with E-state index in [1.807, 2.05) is 0 Å². The van der Waals surface area contributed by atoms with E-state index in [4.69, 9.17) is 0 Å². The predicted molar refractivity (Wildman–Crippen MR) is 61.2 cm³/mol. The summed E-state index contributed by atoms with van der Waals surface area (Å²) in [6, 6.07) is 8.47. The highest BCUT2D eigenvalue weighted by atomic mass is 32.2. The summed E-state index contributed by atoms with van der Waals surface area (Å²) in [4.78, 5) is 0. The van der Waals surface area contributed by atoms with E-state index in [1.165, 1.54) is 18.2 Å². The number of halogens is 3. The first kappa shape index (κ1) is 13.5. The minimum absolute atomic E-state index is 0.0651. The van der Waals surface area contributed by atoms with Gasteiger partial charge >= 0.3 is 15.6 Å². The van der Waals surface area contributed by atoms with Crippen molar-refractivity contribution in [1.82, 2.24) is 0 Å². The largest absolute Gasteiger partial charge is 0.534 e. The van der Waals surface area contributed by atoms with Crippen LogP contribution in [0.4, 0.5) is 13.2 Å². The van der Waals surface area contributed by atoms with Gasteiger partial charge in [-0.2, -0.15) is 21.6 Å². The molecule has 8 heteroatoms. The molecule has 0 spiro atoms. The van der Waals surface area contributed by atoms with E-state index < -0.39 is 27.1 Å². The Morgan fingerprint density at radius 1 is 1.05 bits per heavy atom. The van der Waals surface area contributed by atoms with Crippen LogP contribution in [0.3, 0.4) is 0 Å². The lowest BCUT2D eigenvalue weighted by molar-refractivity contribution is -0.0500. The van der Waals surface area contributed by atoms with Crippen molar-refractivity contribution in [2.75, 3.05) is 0 Å². The number of phenols is 1. The molecular weight excluding hydrogens is 285 g/mol. The van der Waals surface area contributed by atoms with Crippen molar-refractivity contribution in [3.8, 4) is 11.5 Å². The van der Waals surface area contributed by atoms with E-state index >= 15 is 0 Å². The molecule has 0 aliphatic heterocycles. The molecule has 102 valence electrons. The third kappa shape index (κ3) is 2.43. The normalized spacial score (nSPS) is 12.6. The maximum Gasteiger partial charge on any atom is 0.534 e. The fraction of sp³-hybridized carbons (Fsp3) is 0.0909. The number of benzene rings is 2. The molecule has 0 heterocycles. The van der Waals surface area contributed by atoms with Crippen LogP contribution in [-0.4, -0.2) is 19.0 Å². The van der Waals surface area contributed by atoms with Gasteiger partial charge in [-0.05, 0) is 11.5 Å². The first-order valence-corrected chi connectivity index (χ1v) is 6.35. The number of phenolic OH excluding ortho intramolecular Hbond substituents is 1. The van der Waals surface area contributed by atoms with E-state index in [2.05, 4.69) is 4.18 Å². The van der Waals surface area contributed by atoms with Crippen LogP contribution in [0.1, 0.15) is 0 Å². The van der Waals surface area contributed by atoms with Crippen LogP contribution >= 0.6 is 0 Å². The molecule has 0 amide bonds. The molecule has 2 rings (SSSR count). The number of fused-ring (bicyclic) bond motifs is 1. The van der Waals surface area contributed by atoms with Crippen molar-refractivity contribution >= 4 is 20.9 Å². The first-order valence-electron chi connectivity index (χ1n) is 4.94. The Hall–Kier alpha value is -1.96. The lowest BCUT2D eigenvalue weighted by atomic mass is 10.1. The molecule has 0 aliphatic carbocycles. The van der Waals surface area contributed by atoms with Crippen molar-refractivity contribution in [3.63, 3.8) is 0 Å². The number of aromatic hydroxyl groups is 1. The molecule has 0 unspecified atom stereocenters. The molecule has 0 saturated heterocycles. The molecule has 4 nitrogen and oxygen atoms in total. The summed E-state index contributed by atoms with van der Waals surface area (Å²) in [7, 11) is -5.82. The zero-order valence-corrected chi connectivity index (χ0v) is 9.99. The van der Waals surface area contributed by atoms with Crippen LogP contribution in [0.15, 0.2) is 36.4 Å². The maximum atomic E-state index is 12.3. The molecule has 0 fully saturated rings. The third-order valence-corrected chi connectivity index (χ3v) is 3.29. The summed E-state index contributed by atoms with van der Waals surface area (Å²) in [6.45, 7) is 0. The average molecular weight is 292 g/mol. The molecule has 0 aromatic heterocycles. The van der Waals surface area contributed by atoms with Gasteiger partial charge in [0.25, 0.3) is 0 Å². The SMILES string of the molecule is O=S(=O)(Oc1c(O)ccc2ccccc12)C(F)(F)F. The van der Waals surface area contributed by atoms with E-state index in [0.29, 0.717) is 5.39 Å². The summed E-state index contributed by atoms with van der Waals surface area (Å²) >= 11 is 0. The Kier molecular flexibility index (Phi) is 3.05. The molecule has 19 heavy (non-hydrogen) atoms. The minimum Gasteiger partial charge on any atom is -0.504 e. The van der Waals surface area contributed by atoms with Crippen molar-refractivity contribution in [2.45, 2.75) is 5.51 Å². The van der Waals surface area contributed by atoms with Gasteiger partial charge in [-0.1, -0.05) is 30.3 Å². The minimum atomic E-state index is -5.82. The monoisotopic (exact) mass is 292 g/mol. The summed E-state index contributed by atoms with van der Waals surface area (Å²) in [5, 5.41) is 9.98. The first-order chi connectivity index (χ1) is 8.72. The van der Waals surface area contributed by atoms with Gasteiger partial charge in [0.05, 0.1) is 0 Å². The van der Waals surface area contributed by atoms with Crippen molar-refractivity contribution in [3.05, 3.63) is 36.4 Å². The summed E-state index contributed by atoms with van der Waals surface area (Å²) in [5.41, 5.74) is -5.56. The molecule has 2 aromatic rings. The van der Waals surface area contributed by atoms with Gasteiger partial charge in [0, 0.05) is 5.39 Å². The van der Waals surface area contributed by atoms with Crippen LogP contribution in [-0.2, 0) is 10.1 Å². The Balaban J connectivity index is 2.61. The fourth-order valence-electron chi connectivity index (χ4n) is 1.48. The van der Waals surface area contributed by atoms with Crippen LogP contribution in [0.5, 0.6) is 11.5 Å². The molecular formula is C11H7F3O4S. The molecule has 1 N–H and O–H groups in total. The van der Waals surface area contributed by atoms with Gasteiger partial charge in [0.15, 0.2) is 11.5 Å². The lowest BCUT2D eigenvalue weighted by Gasteiger charge is -2.12. The van der Waals surface area contributed by atoms with E-state index in [1.54, 1.807) is 12.1 Å². The third-order valence-electron chi connectivity index (χ3n) is 2.34. The van der Waals surface area contributed by atoms with Crippen LogP contribution in [0.2, 0.25) is 0 Å². The highest BCUT2D eigenvalue weighted by Gasteiger charge is 2.49. The second-order valence-electron chi connectivity index (χ2n) is 3.62. The Morgan fingerprint density at radius 2 is 1.68 bits per heavy atom. The van der Waals surface area contributed by atoms with Gasteiger partial charge in [-0.15, -0.1) is 0 Å². The Bertz CT molecular complexity index is 722. The topological polar surface area (TPSA) is 63.6 Å². The molecule has 0 saturated carbocycles. The van der Waals surface area contributed by atoms with Gasteiger partial charge in [-0.25, -0.2) is 0 Å². The van der Waals surface area contributed by atoms with Crippen molar-refractivity contribution < 1.29 is 30.9 Å². The fourth-order valence-corrected chi connectivity index (χ4v) is 1.97. The number of alkyl halides is 3. The quantitative estimate of drug-likeness (QED) is 0.683. The summed E-state index contributed by atoms with van der Waals surface area (Å²) in [6.07, 6.45) is 0. The molecule has 0 atom stereocenters. The van der Waals surface area contributed by atoms with Crippen LogP contribution < -0.4 is 4.18 Å². The smallest absolute Gasteiger partial charge is 0.504 e. The van der Waals surface area contributed by atoms with Gasteiger partial charge in [-0.3, -0.25) is 0 Å². The second-order valence-corrected chi connectivity index (χ2v) is 5.16. The standard InChI is InChI=1S/C11H7F3O4S/c12-11(13,14)19(16,17)18-10-8-4-2-1-3-7(8)5-6-9(10)15/h1-6,15H. The zero-order valence-electron chi connectivity index (χ0n) is 9.18. The van der Waals surface area contributed by atoms with E-state index in [-0.39, 0.29) is 5.39 Å².